The van der Waals surface area contributed by atoms with Gasteiger partial charge in [0.2, 0.25) is 0 Å². The number of hydrogen-bond acceptors (Lipinski definition) is 3. The van der Waals surface area contributed by atoms with Crippen molar-refractivity contribution in [1.29, 1.82) is 0 Å². The number of aromatic nitrogens is 2. The summed E-state index contributed by atoms with van der Waals surface area (Å²) in [6.45, 7) is 4.67. The van der Waals surface area contributed by atoms with Crippen LogP contribution in [-0.4, -0.2) is 34.1 Å². The predicted molar refractivity (Wildman–Crippen MR) is 67.0 cm³/mol. The van der Waals surface area contributed by atoms with Crippen molar-refractivity contribution in [1.82, 2.24) is 14.7 Å². The molecular weight excluding hydrogens is 238 g/mol. The zero-order valence-electron chi connectivity index (χ0n) is 10.3. The summed E-state index contributed by atoms with van der Waals surface area (Å²) in [5.74, 6) is 0.245. The topological polar surface area (TPSA) is 38.1 Å². The Kier molecular flexibility index (Phi) is 3.84. The molecule has 0 unspecified atom stereocenters. The highest BCUT2D eigenvalue weighted by Gasteiger charge is 2.21. The minimum atomic E-state index is 0.245. The second-order valence-electron chi connectivity index (χ2n) is 4.72. The first kappa shape index (κ1) is 12.6. The molecule has 0 radical (unpaired) electrons. The van der Waals surface area contributed by atoms with Crippen LogP contribution < -0.4 is 0 Å². The minimum Gasteiger partial charge on any atom is -0.303 e. The Hall–Kier alpha value is -0.870. The maximum atomic E-state index is 10.7. The van der Waals surface area contributed by atoms with Crippen molar-refractivity contribution in [2.75, 3.05) is 13.1 Å². The number of aldehydes is 1. The Morgan fingerprint density at radius 3 is 2.59 bits per heavy atom. The number of halogens is 1. The van der Waals surface area contributed by atoms with E-state index in [0.29, 0.717) is 0 Å². The Balaban J connectivity index is 2.00. The highest BCUT2D eigenvalue weighted by Crippen LogP contribution is 2.23. The van der Waals surface area contributed by atoms with Crippen LogP contribution in [0.4, 0.5) is 0 Å². The van der Waals surface area contributed by atoms with Crippen molar-refractivity contribution >= 4 is 17.9 Å². The van der Waals surface area contributed by atoms with Gasteiger partial charge in [0.15, 0.2) is 0 Å². The Bertz CT molecular complexity index is 408. The number of carbonyl (C=O) groups is 1. The van der Waals surface area contributed by atoms with Crippen LogP contribution in [0.1, 0.15) is 24.2 Å². The van der Waals surface area contributed by atoms with Gasteiger partial charge in [-0.15, -0.1) is 0 Å². The molecule has 0 bridgehead atoms. The molecule has 0 amide bonds. The van der Waals surface area contributed by atoms with E-state index in [-0.39, 0.29) is 5.92 Å². The standard InChI is InChI=1S/C12H18ClN3O/c1-9-12(13)11(15(2)14-9)7-16-5-3-10(8-17)4-6-16/h8,10H,3-7H2,1-2H3. The van der Waals surface area contributed by atoms with Crippen molar-refractivity contribution in [2.24, 2.45) is 13.0 Å². The summed E-state index contributed by atoms with van der Waals surface area (Å²) in [6.07, 6.45) is 2.99. The molecule has 0 N–H and O–H groups in total. The number of piperidine rings is 1. The number of aryl methyl sites for hydroxylation is 2. The van der Waals surface area contributed by atoms with Crippen LogP contribution in [0.25, 0.3) is 0 Å². The zero-order valence-corrected chi connectivity index (χ0v) is 11.1. The first-order valence-corrected chi connectivity index (χ1v) is 6.35. The van der Waals surface area contributed by atoms with E-state index in [2.05, 4.69) is 10.00 Å². The van der Waals surface area contributed by atoms with Gasteiger partial charge in [-0.3, -0.25) is 9.58 Å². The normalized spacial score (nSPS) is 18.5. The molecular formula is C12H18ClN3O. The van der Waals surface area contributed by atoms with Crippen molar-refractivity contribution in [2.45, 2.75) is 26.3 Å². The third-order valence-electron chi connectivity index (χ3n) is 3.46. The van der Waals surface area contributed by atoms with Gasteiger partial charge in [0.05, 0.1) is 16.4 Å². The second kappa shape index (κ2) is 5.19. The molecule has 94 valence electrons. The smallest absolute Gasteiger partial charge is 0.123 e. The minimum absolute atomic E-state index is 0.245. The number of rotatable bonds is 3. The summed E-state index contributed by atoms with van der Waals surface area (Å²) in [6, 6.07) is 0. The van der Waals surface area contributed by atoms with Crippen LogP contribution in [0.5, 0.6) is 0 Å². The maximum Gasteiger partial charge on any atom is 0.123 e. The summed E-state index contributed by atoms with van der Waals surface area (Å²) < 4.78 is 1.85. The lowest BCUT2D eigenvalue weighted by molar-refractivity contribution is -0.112. The second-order valence-corrected chi connectivity index (χ2v) is 5.10. The number of likely N-dealkylation sites (tertiary alicyclic amines) is 1. The molecule has 0 saturated carbocycles. The lowest BCUT2D eigenvalue weighted by atomic mass is 9.98. The van der Waals surface area contributed by atoms with Gasteiger partial charge < -0.3 is 4.79 Å². The Labute approximate surface area is 107 Å². The van der Waals surface area contributed by atoms with Gasteiger partial charge in [0.25, 0.3) is 0 Å². The van der Waals surface area contributed by atoms with E-state index in [4.69, 9.17) is 11.6 Å². The average molecular weight is 256 g/mol. The summed E-state index contributed by atoms with van der Waals surface area (Å²) in [7, 11) is 1.92. The SMILES string of the molecule is Cc1nn(C)c(CN2CCC(C=O)CC2)c1Cl. The molecule has 0 aromatic carbocycles. The molecule has 2 rings (SSSR count). The molecule has 17 heavy (non-hydrogen) atoms. The molecule has 1 fully saturated rings. The maximum absolute atomic E-state index is 10.7. The first-order chi connectivity index (χ1) is 8.11. The van der Waals surface area contributed by atoms with Gasteiger partial charge in [-0.25, -0.2) is 0 Å². The van der Waals surface area contributed by atoms with Gasteiger partial charge in [-0.2, -0.15) is 5.10 Å². The third kappa shape index (κ3) is 2.69. The lowest BCUT2D eigenvalue weighted by Crippen LogP contribution is -2.34. The first-order valence-electron chi connectivity index (χ1n) is 5.97. The average Bonchev–Trinajstić information content (AvgIpc) is 2.57. The van der Waals surface area contributed by atoms with E-state index >= 15 is 0 Å². The van der Waals surface area contributed by atoms with E-state index in [1.807, 2.05) is 18.7 Å². The molecule has 0 spiro atoms. The number of hydrogen-bond donors (Lipinski definition) is 0. The zero-order chi connectivity index (χ0) is 12.4. The molecule has 0 atom stereocenters. The highest BCUT2D eigenvalue weighted by atomic mass is 35.5. The van der Waals surface area contributed by atoms with Gasteiger partial charge >= 0.3 is 0 Å². The fraction of sp³-hybridized carbons (Fsp3) is 0.667. The van der Waals surface area contributed by atoms with Gasteiger partial charge in [0, 0.05) is 19.5 Å². The van der Waals surface area contributed by atoms with Crippen molar-refractivity contribution in [3.63, 3.8) is 0 Å². The molecule has 2 heterocycles. The van der Waals surface area contributed by atoms with Crippen molar-refractivity contribution in [3.05, 3.63) is 16.4 Å². The van der Waals surface area contributed by atoms with E-state index in [1.54, 1.807) is 0 Å². The third-order valence-corrected chi connectivity index (χ3v) is 3.95. The Morgan fingerprint density at radius 1 is 1.47 bits per heavy atom. The fourth-order valence-corrected chi connectivity index (χ4v) is 2.53. The molecule has 1 aromatic rings. The van der Waals surface area contributed by atoms with Crippen LogP contribution in [0.2, 0.25) is 5.02 Å². The van der Waals surface area contributed by atoms with Crippen LogP contribution in [0, 0.1) is 12.8 Å². The van der Waals surface area contributed by atoms with E-state index in [1.165, 1.54) is 0 Å². The fourth-order valence-electron chi connectivity index (χ4n) is 2.31. The van der Waals surface area contributed by atoms with Gasteiger partial charge in [-0.05, 0) is 32.9 Å². The summed E-state index contributed by atoms with van der Waals surface area (Å²) in [4.78, 5) is 13.0. The van der Waals surface area contributed by atoms with Crippen LogP contribution in [0.3, 0.4) is 0 Å². The monoisotopic (exact) mass is 255 g/mol. The van der Waals surface area contributed by atoms with Gasteiger partial charge in [-0.1, -0.05) is 11.6 Å². The lowest BCUT2D eigenvalue weighted by Gasteiger charge is -2.29. The molecule has 1 aromatic heterocycles. The molecule has 4 nitrogen and oxygen atoms in total. The van der Waals surface area contributed by atoms with E-state index < -0.39 is 0 Å². The largest absolute Gasteiger partial charge is 0.303 e. The van der Waals surface area contributed by atoms with Crippen LogP contribution >= 0.6 is 11.6 Å². The van der Waals surface area contributed by atoms with Crippen molar-refractivity contribution in [3.8, 4) is 0 Å². The van der Waals surface area contributed by atoms with Crippen molar-refractivity contribution < 1.29 is 4.79 Å². The molecule has 5 heteroatoms. The van der Waals surface area contributed by atoms with E-state index in [9.17, 15) is 4.79 Å². The summed E-state index contributed by atoms with van der Waals surface area (Å²) >= 11 is 6.22. The quantitative estimate of drug-likeness (QED) is 0.773. The number of nitrogens with zero attached hydrogens (tertiary/aromatic N) is 3. The Morgan fingerprint density at radius 2 is 2.12 bits per heavy atom. The van der Waals surface area contributed by atoms with Gasteiger partial charge in [0.1, 0.15) is 6.29 Å². The molecule has 1 aliphatic heterocycles. The highest BCUT2D eigenvalue weighted by molar-refractivity contribution is 6.31. The molecule has 0 aliphatic carbocycles. The molecule has 1 aliphatic rings. The van der Waals surface area contributed by atoms with Crippen LogP contribution in [-0.2, 0) is 18.4 Å². The predicted octanol–water partition coefficient (Wildman–Crippen LogP) is 1.79. The van der Waals surface area contributed by atoms with E-state index in [0.717, 1.165) is 55.2 Å². The molecule has 1 saturated heterocycles. The summed E-state index contributed by atoms with van der Waals surface area (Å²) in [5.41, 5.74) is 1.95. The number of carbonyl (C=O) groups excluding carboxylic acids is 1. The summed E-state index contributed by atoms with van der Waals surface area (Å²) in [5, 5.41) is 5.08. The van der Waals surface area contributed by atoms with Crippen LogP contribution in [0.15, 0.2) is 0 Å².